The molecule has 0 atom stereocenters. The number of hydrogen-bond acceptors (Lipinski definition) is 5. The van der Waals surface area contributed by atoms with Gasteiger partial charge in [0.1, 0.15) is 10.9 Å². The number of hydrogen-bond donors (Lipinski definition) is 1. The van der Waals surface area contributed by atoms with Crippen LogP contribution < -0.4 is 5.73 Å². The molecule has 0 saturated heterocycles. The Bertz CT molecular complexity index is 593. The molecule has 0 saturated carbocycles. The van der Waals surface area contributed by atoms with Crippen LogP contribution in [0.1, 0.15) is 30.7 Å². The smallest absolute Gasteiger partial charge is 0.197 e. The predicted molar refractivity (Wildman–Crippen MR) is 75.1 cm³/mol. The Labute approximate surface area is 116 Å². The average molecular weight is 275 g/mol. The topological polar surface area (TPSA) is 69.6 Å². The van der Waals surface area contributed by atoms with Crippen LogP contribution in [-0.4, -0.2) is 19.7 Å². The van der Waals surface area contributed by atoms with Gasteiger partial charge in [0.25, 0.3) is 0 Å². The van der Waals surface area contributed by atoms with Crippen molar-refractivity contribution < 1.29 is 0 Å². The van der Waals surface area contributed by atoms with Crippen LogP contribution in [0.25, 0.3) is 0 Å². The summed E-state index contributed by atoms with van der Waals surface area (Å²) < 4.78 is 2.21. The van der Waals surface area contributed by atoms with Crippen molar-refractivity contribution in [3.8, 4) is 0 Å². The minimum atomic E-state index is 0.735. The maximum absolute atomic E-state index is 6.07. The van der Waals surface area contributed by atoms with E-state index in [2.05, 4.69) is 19.7 Å². The zero-order valence-electron chi connectivity index (χ0n) is 11.0. The first-order valence-electron chi connectivity index (χ1n) is 6.56. The van der Waals surface area contributed by atoms with Gasteiger partial charge in [-0.05, 0) is 43.2 Å². The summed E-state index contributed by atoms with van der Waals surface area (Å²) in [7, 11) is 0. The van der Waals surface area contributed by atoms with Crippen molar-refractivity contribution >= 4 is 17.4 Å². The molecular weight excluding hydrogens is 258 g/mol. The molecule has 0 aliphatic carbocycles. The van der Waals surface area contributed by atoms with E-state index in [1.165, 1.54) is 31.0 Å². The van der Waals surface area contributed by atoms with Crippen LogP contribution >= 0.6 is 11.8 Å². The molecule has 0 radical (unpaired) electrons. The minimum Gasteiger partial charge on any atom is -0.396 e. The maximum atomic E-state index is 6.07. The van der Waals surface area contributed by atoms with Gasteiger partial charge in [-0.15, -0.1) is 10.2 Å². The summed E-state index contributed by atoms with van der Waals surface area (Å²) in [4.78, 5) is 4.34. The summed E-state index contributed by atoms with van der Waals surface area (Å²) in [5.41, 5.74) is 7.85. The normalized spacial score (nSPS) is 15.0. The highest BCUT2D eigenvalue weighted by atomic mass is 32.2. The Hall–Kier alpha value is -1.56. The van der Waals surface area contributed by atoms with Gasteiger partial charge in [-0.25, -0.2) is 4.98 Å². The monoisotopic (exact) mass is 275 g/mol. The third-order valence-electron chi connectivity index (χ3n) is 3.44. The molecule has 2 aromatic rings. The van der Waals surface area contributed by atoms with Crippen LogP contribution in [0.15, 0.2) is 22.4 Å². The number of nitrogens with two attached hydrogens (primary N) is 1. The first kappa shape index (κ1) is 12.5. The lowest BCUT2D eigenvalue weighted by Crippen LogP contribution is -2.03. The number of aromatic nitrogens is 4. The van der Waals surface area contributed by atoms with Crippen LogP contribution in [0, 0.1) is 6.92 Å². The number of fused-ring (bicyclic) bond motifs is 1. The molecule has 0 bridgehead atoms. The summed E-state index contributed by atoms with van der Waals surface area (Å²) >= 11 is 1.51. The van der Waals surface area contributed by atoms with Crippen LogP contribution in [0.4, 0.5) is 5.69 Å². The number of rotatable bonds is 2. The van der Waals surface area contributed by atoms with Crippen molar-refractivity contribution in [3.05, 3.63) is 23.7 Å². The number of anilines is 1. The van der Waals surface area contributed by atoms with Gasteiger partial charge >= 0.3 is 0 Å². The second-order valence-corrected chi connectivity index (χ2v) is 5.77. The largest absolute Gasteiger partial charge is 0.396 e. The maximum Gasteiger partial charge on any atom is 0.197 e. The average Bonchev–Trinajstić information content (AvgIpc) is 2.63. The van der Waals surface area contributed by atoms with E-state index in [1.807, 2.05) is 13.0 Å². The molecule has 19 heavy (non-hydrogen) atoms. The van der Waals surface area contributed by atoms with Gasteiger partial charge in [0, 0.05) is 19.2 Å². The van der Waals surface area contributed by atoms with E-state index in [9.17, 15) is 0 Å². The third kappa shape index (κ3) is 2.45. The summed E-state index contributed by atoms with van der Waals surface area (Å²) in [6.45, 7) is 2.99. The van der Waals surface area contributed by atoms with E-state index in [1.54, 1.807) is 6.20 Å². The van der Waals surface area contributed by atoms with Gasteiger partial charge in [-0.3, -0.25) is 0 Å². The molecular formula is C13H17N5S. The van der Waals surface area contributed by atoms with Gasteiger partial charge in [0.15, 0.2) is 5.16 Å². The van der Waals surface area contributed by atoms with Gasteiger partial charge in [-0.1, -0.05) is 6.42 Å². The van der Waals surface area contributed by atoms with Crippen molar-refractivity contribution in [2.24, 2.45) is 0 Å². The van der Waals surface area contributed by atoms with Crippen LogP contribution in [-0.2, 0) is 13.0 Å². The highest BCUT2D eigenvalue weighted by Crippen LogP contribution is 2.31. The van der Waals surface area contributed by atoms with E-state index >= 15 is 0 Å². The van der Waals surface area contributed by atoms with Crippen molar-refractivity contribution in [1.82, 2.24) is 19.7 Å². The second-order valence-electron chi connectivity index (χ2n) is 4.81. The van der Waals surface area contributed by atoms with Crippen molar-refractivity contribution in [2.45, 2.75) is 49.3 Å². The standard InChI is InChI=1S/C13H17N5S/c1-9-6-7-15-12(11(9)14)19-13-17-16-10-5-3-2-4-8-18(10)13/h6-7H,2-5,8,14H2,1H3. The summed E-state index contributed by atoms with van der Waals surface area (Å²) in [6.07, 6.45) is 6.46. The first-order valence-corrected chi connectivity index (χ1v) is 7.38. The molecule has 1 aliphatic heterocycles. The number of pyridine rings is 1. The lowest BCUT2D eigenvalue weighted by molar-refractivity contribution is 0.590. The fourth-order valence-corrected chi connectivity index (χ4v) is 3.19. The van der Waals surface area contributed by atoms with Gasteiger partial charge in [0.05, 0.1) is 5.69 Å². The van der Waals surface area contributed by atoms with Crippen LogP contribution in [0.3, 0.4) is 0 Å². The van der Waals surface area contributed by atoms with E-state index in [0.717, 1.165) is 40.2 Å². The molecule has 0 spiro atoms. The Morgan fingerprint density at radius 2 is 2.16 bits per heavy atom. The predicted octanol–water partition coefficient (Wildman–Crippen LogP) is 2.44. The fourth-order valence-electron chi connectivity index (χ4n) is 2.25. The number of nitrogen functional groups attached to an aromatic ring is 1. The van der Waals surface area contributed by atoms with E-state index in [0.29, 0.717) is 0 Å². The van der Waals surface area contributed by atoms with E-state index < -0.39 is 0 Å². The molecule has 0 fully saturated rings. The molecule has 6 heteroatoms. The molecule has 3 rings (SSSR count). The van der Waals surface area contributed by atoms with Crippen molar-refractivity contribution in [2.75, 3.05) is 5.73 Å². The SMILES string of the molecule is Cc1ccnc(Sc2nnc3n2CCCCC3)c1N. The molecule has 100 valence electrons. The molecule has 5 nitrogen and oxygen atoms in total. The van der Waals surface area contributed by atoms with Crippen molar-refractivity contribution in [3.63, 3.8) is 0 Å². The minimum absolute atomic E-state index is 0.735. The first-order chi connectivity index (χ1) is 9.25. The highest BCUT2D eigenvalue weighted by Gasteiger charge is 2.17. The number of aryl methyl sites for hydroxylation is 2. The molecule has 0 aromatic carbocycles. The summed E-state index contributed by atoms with van der Waals surface area (Å²) in [6, 6.07) is 1.92. The second kappa shape index (κ2) is 5.21. The lowest BCUT2D eigenvalue weighted by Gasteiger charge is -2.08. The molecule has 2 N–H and O–H groups in total. The van der Waals surface area contributed by atoms with Crippen molar-refractivity contribution in [1.29, 1.82) is 0 Å². The van der Waals surface area contributed by atoms with Crippen LogP contribution in [0.2, 0.25) is 0 Å². The number of nitrogens with zero attached hydrogens (tertiary/aromatic N) is 4. The Morgan fingerprint density at radius 1 is 1.26 bits per heavy atom. The summed E-state index contributed by atoms with van der Waals surface area (Å²) in [5, 5.41) is 10.3. The van der Waals surface area contributed by atoms with E-state index in [-0.39, 0.29) is 0 Å². The van der Waals surface area contributed by atoms with E-state index in [4.69, 9.17) is 5.73 Å². The Morgan fingerprint density at radius 3 is 3.05 bits per heavy atom. The third-order valence-corrected chi connectivity index (χ3v) is 4.44. The van der Waals surface area contributed by atoms with Gasteiger partial charge in [-0.2, -0.15) is 0 Å². The highest BCUT2D eigenvalue weighted by molar-refractivity contribution is 7.99. The fraction of sp³-hybridized carbons (Fsp3) is 0.462. The molecule has 0 amide bonds. The molecule has 2 aromatic heterocycles. The van der Waals surface area contributed by atoms with Crippen LogP contribution in [0.5, 0.6) is 0 Å². The lowest BCUT2D eigenvalue weighted by atomic mass is 10.2. The molecule has 3 heterocycles. The van der Waals surface area contributed by atoms with Gasteiger partial charge in [0.2, 0.25) is 0 Å². The van der Waals surface area contributed by atoms with Gasteiger partial charge < -0.3 is 10.3 Å². The quantitative estimate of drug-likeness (QED) is 0.911. The summed E-state index contributed by atoms with van der Waals surface area (Å²) in [5.74, 6) is 1.09. The molecule has 0 unspecified atom stereocenters. The zero-order valence-corrected chi connectivity index (χ0v) is 11.8. The molecule has 1 aliphatic rings. The Balaban J connectivity index is 1.91. The Kier molecular flexibility index (Phi) is 3.42. The zero-order chi connectivity index (χ0) is 13.2.